The molecule has 0 aliphatic carbocycles. The van der Waals surface area contributed by atoms with Crippen LogP contribution in [0.2, 0.25) is 10.0 Å². The summed E-state index contributed by atoms with van der Waals surface area (Å²) in [7, 11) is 0. The van der Waals surface area contributed by atoms with E-state index in [0.717, 1.165) is 39.6 Å². The van der Waals surface area contributed by atoms with E-state index in [1.807, 2.05) is 36.4 Å². The number of aliphatic carboxylic acids is 1. The van der Waals surface area contributed by atoms with Gasteiger partial charge in [-0.2, -0.15) is 0 Å². The number of hydrogen-bond acceptors (Lipinski definition) is 3. The van der Waals surface area contributed by atoms with Gasteiger partial charge in [0.15, 0.2) is 0 Å². The maximum atomic E-state index is 14.4. The fourth-order valence-corrected chi connectivity index (χ4v) is 6.18. The predicted molar refractivity (Wildman–Crippen MR) is 149 cm³/mol. The molecular formula is C29H26Cl2FNO3S. The van der Waals surface area contributed by atoms with Crippen molar-refractivity contribution in [1.29, 1.82) is 0 Å². The minimum absolute atomic E-state index is 0.0372. The Balaban J connectivity index is 1.76. The van der Waals surface area contributed by atoms with E-state index in [4.69, 9.17) is 28.3 Å². The highest BCUT2D eigenvalue weighted by molar-refractivity contribution is 7.18. The second kappa shape index (κ2) is 12.1. The molecule has 1 amide bonds. The molecule has 4 rings (SSSR count). The molecule has 0 spiro atoms. The van der Waals surface area contributed by atoms with E-state index in [0.29, 0.717) is 15.6 Å². The van der Waals surface area contributed by atoms with Crippen molar-refractivity contribution < 1.29 is 19.1 Å². The molecule has 1 unspecified atom stereocenters. The lowest BCUT2D eigenvalue weighted by molar-refractivity contribution is -0.136. The Kier molecular flexibility index (Phi) is 8.85. The second-order valence-electron chi connectivity index (χ2n) is 8.90. The molecule has 0 radical (unpaired) electrons. The fraction of sp³-hybridized carbons (Fsp3) is 0.241. The summed E-state index contributed by atoms with van der Waals surface area (Å²) in [5.74, 6) is -1.72. The van der Waals surface area contributed by atoms with Gasteiger partial charge in [-0.3, -0.25) is 9.59 Å². The number of carbonyl (C=O) groups is 2. The van der Waals surface area contributed by atoms with Crippen LogP contribution in [-0.2, 0) is 4.79 Å². The minimum Gasteiger partial charge on any atom is -0.481 e. The largest absolute Gasteiger partial charge is 0.481 e. The molecule has 0 aliphatic rings. The Morgan fingerprint density at radius 2 is 1.70 bits per heavy atom. The van der Waals surface area contributed by atoms with Gasteiger partial charge < -0.3 is 10.4 Å². The second-order valence-corrected chi connectivity index (χ2v) is 10.6. The number of fused-ring (bicyclic) bond motifs is 1. The van der Waals surface area contributed by atoms with E-state index < -0.39 is 5.97 Å². The molecule has 2 atom stereocenters. The highest BCUT2D eigenvalue weighted by atomic mass is 35.5. The van der Waals surface area contributed by atoms with Gasteiger partial charge in [-0.05, 0) is 70.8 Å². The molecule has 3 aromatic carbocycles. The van der Waals surface area contributed by atoms with Crippen LogP contribution in [0.1, 0.15) is 65.1 Å². The zero-order valence-electron chi connectivity index (χ0n) is 20.1. The Morgan fingerprint density at radius 1 is 1.03 bits per heavy atom. The van der Waals surface area contributed by atoms with Gasteiger partial charge in [0.25, 0.3) is 5.91 Å². The van der Waals surface area contributed by atoms with Gasteiger partial charge in [-0.25, -0.2) is 4.39 Å². The number of nitrogens with one attached hydrogen (secondary N) is 1. The van der Waals surface area contributed by atoms with Crippen LogP contribution >= 0.6 is 34.5 Å². The summed E-state index contributed by atoms with van der Waals surface area (Å²) in [4.78, 5) is 23.2. The summed E-state index contributed by atoms with van der Waals surface area (Å²) >= 11 is 14.1. The van der Waals surface area contributed by atoms with Crippen LogP contribution in [0, 0.1) is 5.82 Å². The van der Waals surface area contributed by atoms with E-state index in [1.54, 1.807) is 18.2 Å². The third kappa shape index (κ3) is 6.32. The van der Waals surface area contributed by atoms with Crippen molar-refractivity contribution in [3.63, 3.8) is 0 Å². The topological polar surface area (TPSA) is 66.4 Å². The van der Waals surface area contributed by atoms with Gasteiger partial charge in [-0.15, -0.1) is 11.3 Å². The number of halogens is 3. The minimum atomic E-state index is -0.964. The van der Waals surface area contributed by atoms with Crippen LogP contribution < -0.4 is 5.32 Å². The van der Waals surface area contributed by atoms with Crippen LogP contribution in [0.5, 0.6) is 0 Å². The zero-order chi connectivity index (χ0) is 26.5. The number of thiophene rings is 1. The number of hydrogen-bond donors (Lipinski definition) is 2. The number of rotatable bonds is 10. The maximum Gasteiger partial charge on any atom is 0.305 e. The zero-order valence-corrected chi connectivity index (χ0v) is 22.5. The summed E-state index contributed by atoms with van der Waals surface area (Å²) in [6, 6.07) is 18.0. The summed E-state index contributed by atoms with van der Waals surface area (Å²) in [6.07, 6.45) is 1.64. The molecule has 1 aromatic heterocycles. The van der Waals surface area contributed by atoms with Crippen LogP contribution in [0.25, 0.3) is 10.1 Å². The summed E-state index contributed by atoms with van der Waals surface area (Å²) in [6.45, 7) is 2.19. The fourth-order valence-electron chi connectivity index (χ4n) is 4.72. The lowest BCUT2D eigenvalue weighted by atomic mass is 9.75. The number of carboxylic acid groups (broad SMARTS) is 1. The summed E-state index contributed by atoms with van der Waals surface area (Å²) in [5, 5.41) is 15.3. The highest BCUT2D eigenvalue weighted by Crippen LogP contribution is 2.47. The van der Waals surface area contributed by atoms with Crippen LogP contribution in [0.15, 0.2) is 66.0 Å². The quantitative estimate of drug-likeness (QED) is 0.206. The van der Waals surface area contributed by atoms with Gasteiger partial charge in [0, 0.05) is 28.4 Å². The van der Waals surface area contributed by atoms with Crippen molar-refractivity contribution >= 4 is 56.5 Å². The van der Waals surface area contributed by atoms with Gasteiger partial charge in [0.05, 0.1) is 16.1 Å². The van der Waals surface area contributed by atoms with E-state index >= 15 is 0 Å². The molecule has 2 N–H and O–H groups in total. The number of carbonyl (C=O) groups excluding carboxylic acids is 1. The number of amides is 1. The van der Waals surface area contributed by atoms with Crippen LogP contribution in [0.3, 0.4) is 0 Å². The van der Waals surface area contributed by atoms with E-state index in [2.05, 4.69) is 17.6 Å². The van der Waals surface area contributed by atoms with Gasteiger partial charge >= 0.3 is 5.97 Å². The Bertz CT molecular complexity index is 1400. The van der Waals surface area contributed by atoms with Gasteiger partial charge in [0.1, 0.15) is 5.82 Å². The average molecular weight is 559 g/mol. The molecule has 1 heterocycles. The van der Waals surface area contributed by atoms with Crippen molar-refractivity contribution in [1.82, 2.24) is 5.32 Å². The van der Waals surface area contributed by atoms with Crippen molar-refractivity contribution in [2.24, 2.45) is 0 Å². The third-order valence-electron chi connectivity index (χ3n) is 6.41. The van der Waals surface area contributed by atoms with E-state index in [1.165, 1.54) is 17.4 Å². The molecule has 0 saturated carbocycles. The molecule has 0 saturated heterocycles. The first-order chi connectivity index (χ1) is 17.8. The predicted octanol–water partition coefficient (Wildman–Crippen LogP) is 8.27. The van der Waals surface area contributed by atoms with Gasteiger partial charge in [0.2, 0.25) is 0 Å². The highest BCUT2D eigenvalue weighted by Gasteiger charge is 2.29. The lowest BCUT2D eigenvalue weighted by Crippen LogP contribution is -2.26. The lowest BCUT2D eigenvalue weighted by Gasteiger charge is -2.28. The van der Waals surface area contributed by atoms with Crippen LogP contribution in [0.4, 0.5) is 4.39 Å². The van der Waals surface area contributed by atoms with Crippen molar-refractivity contribution in [3.8, 4) is 0 Å². The first-order valence-electron chi connectivity index (χ1n) is 12.0. The normalized spacial score (nSPS) is 12.9. The molecule has 8 heteroatoms. The maximum absolute atomic E-state index is 14.4. The summed E-state index contributed by atoms with van der Waals surface area (Å²) < 4.78 is 15.3. The molecule has 192 valence electrons. The Morgan fingerprint density at radius 3 is 2.35 bits per heavy atom. The molecule has 4 nitrogen and oxygen atoms in total. The molecule has 37 heavy (non-hydrogen) atoms. The molecule has 0 aliphatic heterocycles. The van der Waals surface area contributed by atoms with Crippen molar-refractivity contribution in [3.05, 3.63) is 104 Å². The summed E-state index contributed by atoms with van der Waals surface area (Å²) in [5.41, 5.74) is 3.56. The van der Waals surface area contributed by atoms with E-state index in [-0.39, 0.29) is 36.5 Å². The SMILES string of the molecule is CCC[C@H](c1ccc(C(=O)NCCC(=O)O)cc1)C(c1ccc(Cl)cc1)c1csc2c(Cl)cc(F)cc12. The number of carboxylic acids is 1. The third-order valence-corrected chi connectivity index (χ3v) is 8.12. The number of benzene rings is 3. The molecular weight excluding hydrogens is 532 g/mol. The van der Waals surface area contributed by atoms with Gasteiger partial charge in [-0.1, -0.05) is 60.8 Å². The standard InChI is InChI=1S/C29H26Cl2FNO3S/c1-2-3-22(17-4-6-19(7-5-17)29(36)33-13-12-26(34)35)27(18-8-10-20(30)11-9-18)24-16-37-28-23(24)14-21(32)15-25(28)31/h4-11,14-16,22,27H,2-3,12-13H2,1H3,(H,33,36)(H,34,35)/t22-,27?/m1/s1. The van der Waals surface area contributed by atoms with Crippen molar-refractivity contribution in [2.75, 3.05) is 6.54 Å². The molecule has 0 bridgehead atoms. The smallest absolute Gasteiger partial charge is 0.305 e. The molecule has 4 aromatic rings. The molecule has 0 fully saturated rings. The Hall–Kier alpha value is -2.93. The Labute approximate surface area is 229 Å². The van der Waals surface area contributed by atoms with Crippen LogP contribution in [-0.4, -0.2) is 23.5 Å². The van der Waals surface area contributed by atoms with Crippen molar-refractivity contribution in [2.45, 2.75) is 38.0 Å². The average Bonchev–Trinajstić information content (AvgIpc) is 3.28. The first kappa shape index (κ1) is 27.1. The monoisotopic (exact) mass is 557 g/mol. The first-order valence-corrected chi connectivity index (χ1v) is 13.6. The van der Waals surface area contributed by atoms with E-state index in [9.17, 15) is 14.0 Å².